The molecular formula is C22H36N2O2. The van der Waals surface area contributed by atoms with Crippen LogP contribution in [0.2, 0.25) is 0 Å². The van der Waals surface area contributed by atoms with Gasteiger partial charge in [-0.15, -0.1) is 0 Å². The summed E-state index contributed by atoms with van der Waals surface area (Å²) < 4.78 is 5.76. The molecule has 0 aromatic heterocycles. The zero-order valence-corrected chi connectivity index (χ0v) is 17.2. The predicted molar refractivity (Wildman–Crippen MR) is 108 cm³/mol. The van der Waals surface area contributed by atoms with E-state index in [0.29, 0.717) is 12.5 Å². The Labute approximate surface area is 159 Å². The van der Waals surface area contributed by atoms with Gasteiger partial charge in [-0.2, -0.15) is 0 Å². The molecule has 1 heterocycles. The molecule has 0 radical (unpaired) electrons. The molecule has 0 bridgehead atoms. The van der Waals surface area contributed by atoms with Crippen molar-refractivity contribution in [2.45, 2.75) is 52.4 Å². The lowest BCUT2D eigenvalue weighted by Gasteiger charge is -2.37. The number of benzene rings is 1. The summed E-state index contributed by atoms with van der Waals surface area (Å²) >= 11 is 0. The minimum atomic E-state index is -0.506. The average molecular weight is 361 g/mol. The van der Waals surface area contributed by atoms with Crippen LogP contribution in [0.4, 0.5) is 0 Å². The number of likely N-dealkylation sites (tertiary alicyclic amines) is 1. The van der Waals surface area contributed by atoms with Gasteiger partial charge in [0.1, 0.15) is 5.75 Å². The highest BCUT2D eigenvalue weighted by Gasteiger charge is 2.35. The number of hydrogen-bond donors (Lipinski definition) is 1. The van der Waals surface area contributed by atoms with Crippen molar-refractivity contribution in [3.05, 3.63) is 29.8 Å². The zero-order valence-electron chi connectivity index (χ0n) is 17.2. The number of nitrogens with zero attached hydrogens (tertiary/aromatic N) is 1. The van der Waals surface area contributed by atoms with Crippen LogP contribution in [-0.4, -0.2) is 44.1 Å². The number of hydrogen-bond acceptors (Lipinski definition) is 3. The summed E-state index contributed by atoms with van der Waals surface area (Å²) in [4.78, 5) is 15.2. The van der Waals surface area contributed by atoms with E-state index in [1.807, 2.05) is 45.2 Å². The fourth-order valence-corrected chi connectivity index (χ4v) is 3.52. The molecular weight excluding hydrogens is 324 g/mol. The fraction of sp³-hybridized carbons (Fsp3) is 0.682. The van der Waals surface area contributed by atoms with Crippen molar-refractivity contribution in [1.82, 2.24) is 10.2 Å². The largest absolute Gasteiger partial charge is 0.493 e. The first-order chi connectivity index (χ1) is 12.3. The monoisotopic (exact) mass is 360 g/mol. The zero-order chi connectivity index (χ0) is 19.2. The Kier molecular flexibility index (Phi) is 7.51. The first-order valence-corrected chi connectivity index (χ1v) is 10.0. The van der Waals surface area contributed by atoms with Crippen molar-refractivity contribution in [1.29, 1.82) is 0 Å². The van der Waals surface area contributed by atoms with Gasteiger partial charge in [-0.05, 0) is 76.2 Å². The van der Waals surface area contributed by atoms with Crippen LogP contribution in [0.5, 0.6) is 5.75 Å². The standard InChI is InChI=1S/C22H36N2O2/c1-17(2)16-26-20-8-6-19(7-9-20)22(3,4)21(25)24-14-11-18(12-15-24)10-13-23-5/h6-9,17-18,23H,10-16H2,1-5H3. The van der Waals surface area contributed by atoms with Crippen molar-refractivity contribution >= 4 is 5.91 Å². The number of nitrogens with one attached hydrogen (secondary N) is 1. The summed E-state index contributed by atoms with van der Waals surface area (Å²) in [6, 6.07) is 8.04. The van der Waals surface area contributed by atoms with E-state index in [2.05, 4.69) is 24.1 Å². The Morgan fingerprint density at radius 3 is 2.38 bits per heavy atom. The van der Waals surface area contributed by atoms with E-state index in [9.17, 15) is 4.79 Å². The normalized spacial score (nSPS) is 16.2. The molecule has 0 unspecified atom stereocenters. The molecule has 0 spiro atoms. The van der Waals surface area contributed by atoms with Gasteiger partial charge < -0.3 is 15.0 Å². The summed E-state index contributed by atoms with van der Waals surface area (Å²) in [6.07, 6.45) is 3.44. The summed E-state index contributed by atoms with van der Waals surface area (Å²) in [5, 5.41) is 3.22. The third-order valence-electron chi connectivity index (χ3n) is 5.40. The smallest absolute Gasteiger partial charge is 0.232 e. The second-order valence-corrected chi connectivity index (χ2v) is 8.48. The first-order valence-electron chi connectivity index (χ1n) is 10.0. The number of carbonyl (C=O) groups is 1. The van der Waals surface area contributed by atoms with E-state index in [1.165, 1.54) is 6.42 Å². The van der Waals surface area contributed by atoms with Crippen LogP contribution >= 0.6 is 0 Å². The van der Waals surface area contributed by atoms with Crippen molar-refractivity contribution < 1.29 is 9.53 Å². The summed E-state index contributed by atoms with van der Waals surface area (Å²) in [5.41, 5.74) is 0.547. The van der Waals surface area contributed by atoms with Gasteiger partial charge in [-0.25, -0.2) is 0 Å². The van der Waals surface area contributed by atoms with Gasteiger partial charge in [0.05, 0.1) is 12.0 Å². The van der Waals surface area contributed by atoms with Crippen molar-refractivity contribution in [3.63, 3.8) is 0 Å². The van der Waals surface area contributed by atoms with E-state index in [-0.39, 0.29) is 5.91 Å². The highest BCUT2D eigenvalue weighted by molar-refractivity contribution is 5.87. The molecule has 0 aliphatic carbocycles. The number of amides is 1. The predicted octanol–water partition coefficient (Wildman–Crippen LogP) is 3.85. The van der Waals surface area contributed by atoms with E-state index in [0.717, 1.165) is 49.7 Å². The molecule has 1 aliphatic heterocycles. The second-order valence-electron chi connectivity index (χ2n) is 8.48. The van der Waals surface area contributed by atoms with Crippen LogP contribution in [0.25, 0.3) is 0 Å². The van der Waals surface area contributed by atoms with Crippen LogP contribution in [0.3, 0.4) is 0 Å². The van der Waals surface area contributed by atoms with E-state index in [1.54, 1.807) is 0 Å². The number of piperidine rings is 1. The molecule has 1 aromatic carbocycles. The molecule has 1 aromatic rings. The van der Waals surface area contributed by atoms with Gasteiger partial charge in [0.2, 0.25) is 5.91 Å². The molecule has 0 saturated carbocycles. The van der Waals surface area contributed by atoms with Crippen molar-refractivity contribution in [3.8, 4) is 5.75 Å². The maximum absolute atomic E-state index is 13.1. The Morgan fingerprint density at radius 1 is 1.23 bits per heavy atom. The van der Waals surface area contributed by atoms with Gasteiger partial charge in [0.15, 0.2) is 0 Å². The summed E-state index contributed by atoms with van der Waals surface area (Å²) in [5.74, 6) is 2.35. The Hall–Kier alpha value is -1.55. The van der Waals surface area contributed by atoms with Gasteiger partial charge in [-0.3, -0.25) is 4.79 Å². The molecule has 4 nitrogen and oxygen atoms in total. The van der Waals surface area contributed by atoms with Crippen LogP contribution in [0, 0.1) is 11.8 Å². The Morgan fingerprint density at radius 2 is 1.85 bits per heavy atom. The highest BCUT2D eigenvalue weighted by atomic mass is 16.5. The quantitative estimate of drug-likeness (QED) is 0.766. The summed E-state index contributed by atoms with van der Waals surface area (Å²) in [6.45, 7) is 11.9. The van der Waals surface area contributed by atoms with Crippen LogP contribution in [-0.2, 0) is 10.2 Å². The lowest BCUT2D eigenvalue weighted by molar-refractivity contribution is -0.137. The van der Waals surface area contributed by atoms with Gasteiger partial charge in [0, 0.05) is 13.1 Å². The number of ether oxygens (including phenoxy) is 1. The molecule has 1 amide bonds. The number of carbonyl (C=O) groups excluding carboxylic acids is 1. The molecule has 1 aliphatic rings. The maximum atomic E-state index is 13.1. The van der Waals surface area contributed by atoms with E-state index < -0.39 is 5.41 Å². The highest BCUT2D eigenvalue weighted by Crippen LogP contribution is 2.30. The second kappa shape index (κ2) is 9.40. The third kappa shape index (κ3) is 5.47. The molecule has 1 saturated heterocycles. The minimum Gasteiger partial charge on any atom is -0.493 e. The fourth-order valence-electron chi connectivity index (χ4n) is 3.52. The van der Waals surface area contributed by atoms with Gasteiger partial charge >= 0.3 is 0 Å². The summed E-state index contributed by atoms with van der Waals surface area (Å²) in [7, 11) is 2.00. The molecule has 146 valence electrons. The Balaban J connectivity index is 1.95. The van der Waals surface area contributed by atoms with Crippen LogP contribution in [0.1, 0.15) is 52.5 Å². The first kappa shape index (κ1) is 20.8. The molecule has 1 N–H and O–H groups in total. The average Bonchev–Trinajstić information content (AvgIpc) is 2.64. The topological polar surface area (TPSA) is 41.6 Å². The molecule has 26 heavy (non-hydrogen) atoms. The molecule has 1 fully saturated rings. The van der Waals surface area contributed by atoms with E-state index >= 15 is 0 Å². The van der Waals surface area contributed by atoms with Crippen LogP contribution < -0.4 is 10.1 Å². The van der Waals surface area contributed by atoms with Crippen molar-refractivity contribution in [2.24, 2.45) is 11.8 Å². The van der Waals surface area contributed by atoms with Crippen LogP contribution in [0.15, 0.2) is 24.3 Å². The molecule has 0 atom stereocenters. The molecule has 2 rings (SSSR count). The van der Waals surface area contributed by atoms with Gasteiger partial charge in [0.25, 0.3) is 0 Å². The molecule has 4 heteroatoms. The Bertz CT molecular complexity index is 558. The lowest BCUT2D eigenvalue weighted by Crippen LogP contribution is -2.47. The van der Waals surface area contributed by atoms with Gasteiger partial charge in [-0.1, -0.05) is 26.0 Å². The van der Waals surface area contributed by atoms with E-state index in [4.69, 9.17) is 4.74 Å². The lowest BCUT2D eigenvalue weighted by atomic mass is 9.82. The third-order valence-corrected chi connectivity index (χ3v) is 5.40. The number of rotatable bonds is 8. The SMILES string of the molecule is CNCCC1CCN(C(=O)C(C)(C)c2ccc(OCC(C)C)cc2)CC1. The maximum Gasteiger partial charge on any atom is 0.232 e. The van der Waals surface area contributed by atoms with Crippen molar-refractivity contribution in [2.75, 3.05) is 33.3 Å². The minimum absolute atomic E-state index is 0.236.